The number of anilines is 1. The minimum absolute atomic E-state index is 0.403. The molecule has 2 aromatic rings. The van der Waals surface area contributed by atoms with E-state index in [4.69, 9.17) is 4.42 Å². The van der Waals surface area contributed by atoms with E-state index in [0.29, 0.717) is 4.90 Å². The summed E-state index contributed by atoms with van der Waals surface area (Å²) in [6.07, 6.45) is 6.31. The van der Waals surface area contributed by atoms with Gasteiger partial charge in [0.2, 0.25) is 0 Å². The van der Waals surface area contributed by atoms with Crippen molar-refractivity contribution in [2.24, 2.45) is 0 Å². The maximum atomic E-state index is 12.0. The Morgan fingerprint density at radius 1 is 1.10 bits per heavy atom. The van der Waals surface area contributed by atoms with Crippen molar-refractivity contribution in [1.82, 2.24) is 0 Å². The number of furan rings is 1. The van der Waals surface area contributed by atoms with Crippen LogP contribution in [-0.2, 0) is 9.84 Å². The maximum absolute atomic E-state index is 12.0. The Morgan fingerprint density at radius 2 is 1.86 bits per heavy atom. The average Bonchev–Trinajstić information content (AvgIpc) is 3.01. The highest BCUT2D eigenvalue weighted by molar-refractivity contribution is 7.90. The van der Waals surface area contributed by atoms with Crippen molar-refractivity contribution in [3.63, 3.8) is 0 Å². The summed E-state index contributed by atoms with van der Waals surface area (Å²) in [5, 5.41) is 0. The van der Waals surface area contributed by atoms with E-state index in [2.05, 4.69) is 4.90 Å². The van der Waals surface area contributed by atoms with Gasteiger partial charge in [0, 0.05) is 24.9 Å². The van der Waals surface area contributed by atoms with Crippen LogP contribution >= 0.6 is 0 Å². The molecule has 1 fully saturated rings. The highest BCUT2D eigenvalue weighted by Crippen LogP contribution is 2.32. The van der Waals surface area contributed by atoms with Gasteiger partial charge in [-0.25, -0.2) is 8.42 Å². The van der Waals surface area contributed by atoms with Crippen LogP contribution in [0.5, 0.6) is 0 Å². The number of hydrogen-bond donors (Lipinski definition) is 0. The van der Waals surface area contributed by atoms with Gasteiger partial charge in [-0.05, 0) is 49.6 Å². The third kappa shape index (κ3) is 2.97. The van der Waals surface area contributed by atoms with Crippen LogP contribution in [0.1, 0.15) is 19.3 Å². The smallest absolute Gasteiger partial charge is 0.177 e. The molecular formula is C16H19NO3S. The van der Waals surface area contributed by atoms with Crippen LogP contribution in [0.2, 0.25) is 0 Å². The lowest BCUT2D eigenvalue weighted by Crippen LogP contribution is -2.30. The number of benzene rings is 1. The van der Waals surface area contributed by atoms with Crippen LogP contribution in [0.25, 0.3) is 11.3 Å². The van der Waals surface area contributed by atoms with Crippen molar-refractivity contribution in [2.75, 3.05) is 24.2 Å². The fourth-order valence-corrected chi connectivity index (χ4v) is 3.69. The summed E-state index contributed by atoms with van der Waals surface area (Å²) in [5.74, 6) is 0.758. The maximum Gasteiger partial charge on any atom is 0.177 e. The fraction of sp³-hybridized carbons (Fsp3) is 0.375. The molecule has 1 aliphatic rings. The van der Waals surface area contributed by atoms with Gasteiger partial charge in [0.05, 0.1) is 16.8 Å². The number of sulfone groups is 1. The Hall–Kier alpha value is -1.75. The highest BCUT2D eigenvalue weighted by Gasteiger charge is 2.21. The molecule has 2 heterocycles. The molecule has 0 bridgehead atoms. The number of hydrogen-bond acceptors (Lipinski definition) is 4. The third-order valence-electron chi connectivity index (χ3n) is 3.86. The van der Waals surface area contributed by atoms with E-state index in [1.807, 2.05) is 24.3 Å². The van der Waals surface area contributed by atoms with E-state index in [-0.39, 0.29) is 0 Å². The highest BCUT2D eigenvalue weighted by atomic mass is 32.2. The first-order chi connectivity index (χ1) is 10.1. The lowest BCUT2D eigenvalue weighted by Gasteiger charge is -2.30. The number of piperidine rings is 1. The van der Waals surface area contributed by atoms with Crippen molar-refractivity contribution in [1.29, 1.82) is 0 Å². The number of rotatable bonds is 3. The summed E-state index contributed by atoms with van der Waals surface area (Å²) < 4.78 is 29.5. The second kappa shape index (κ2) is 5.56. The van der Waals surface area contributed by atoms with E-state index in [1.165, 1.54) is 12.7 Å². The molecular weight excluding hydrogens is 286 g/mol. The predicted molar refractivity (Wildman–Crippen MR) is 83.3 cm³/mol. The van der Waals surface area contributed by atoms with Gasteiger partial charge in [0.1, 0.15) is 5.76 Å². The molecule has 1 aliphatic heterocycles. The van der Waals surface area contributed by atoms with E-state index in [9.17, 15) is 8.42 Å². The molecule has 0 saturated carbocycles. The normalized spacial score (nSPS) is 16.1. The Labute approximate surface area is 125 Å². The Balaban J connectivity index is 2.09. The van der Waals surface area contributed by atoms with Crippen molar-refractivity contribution in [2.45, 2.75) is 24.2 Å². The molecule has 0 amide bonds. The van der Waals surface area contributed by atoms with Crippen LogP contribution in [0, 0.1) is 0 Å². The molecule has 1 aromatic heterocycles. The van der Waals surface area contributed by atoms with E-state index >= 15 is 0 Å². The first kappa shape index (κ1) is 14.2. The van der Waals surface area contributed by atoms with Gasteiger partial charge in [-0.15, -0.1) is 0 Å². The fourth-order valence-electron chi connectivity index (χ4n) is 2.81. The van der Waals surface area contributed by atoms with Crippen molar-refractivity contribution in [3.05, 3.63) is 36.6 Å². The second-order valence-electron chi connectivity index (χ2n) is 5.48. The summed E-state index contributed by atoms with van der Waals surface area (Å²) >= 11 is 0. The van der Waals surface area contributed by atoms with Crippen LogP contribution < -0.4 is 4.90 Å². The monoisotopic (exact) mass is 305 g/mol. The SMILES string of the molecule is CS(=O)(=O)c1ccc(-c2ccco2)cc1N1CCCCC1. The quantitative estimate of drug-likeness (QED) is 0.872. The zero-order valence-corrected chi connectivity index (χ0v) is 12.9. The van der Waals surface area contributed by atoms with Gasteiger partial charge in [0.15, 0.2) is 9.84 Å². The van der Waals surface area contributed by atoms with Gasteiger partial charge in [-0.2, -0.15) is 0 Å². The van der Waals surface area contributed by atoms with Gasteiger partial charge >= 0.3 is 0 Å². The molecule has 4 nitrogen and oxygen atoms in total. The molecule has 0 radical (unpaired) electrons. The van der Waals surface area contributed by atoms with Crippen LogP contribution in [-0.4, -0.2) is 27.8 Å². The van der Waals surface area contributed by atoms with Gasteiger partial charge < -0.3 is 9.32 Å². The summed E-state index contributed by atoms with van der Waals surface area (Å²) in [4.78, 5) is 2.58. The molecule has 3 rings (SSSR count). The minimum Gasteiger partial charge on any atom is -0.464 e. The molecule has 0 spiro atoms. The van der Waals surface area contributed by atoms with Gasteiger partial charge in [-0.3, -0.25) is 0 Å². The Bertz CT molecular complexity index is 714. The van der Waals surface area contributed by atoms with E-state index in [0.717, 1.165) is 42.9 Å². The zero-order valence-electron chi connectivity index (χ0n) is 12.1. The summed E-state index contributed by atoms with van der Waals surface area (Å²) in [6.45, 7) is 1.81. The molecule has 0 atom stereocenters. The second-order valence-corrected chi connectivity index (χ2v) is 7.46. The average molecular weight is 305 g/mol. The first-order valence-corrected chi connectivity index (χ1v) is 9.08. The van der Waals surface area contributed by atoms with Gasteiger partial charge in [-0.1, -0.05) is 0 Å². The standard InChI is InChI=1S/C16H19NO3S/c1-21(18,19)16-8-7-13(15-6-5-11-20-15)12-14(16)17-9-3-2-4-10-17/h5-8,11-12H,2-4,9-10H2,1H3. The molecule has 1 aromatic carbocycles. The van der Waals surface area contributed by atoms with Crippen molar-refractivity contribution >= 4 is 15.5 Å². The largest absolute Gasteiger partial charge is 0.464 e. The topological polar surface area (TPSA) is 50.5 Å². The van der Waals surface area contributed by atoms with E-state index in [1.54, 1.807) is 12.3 Å². The molecule has 0 unspecified atom stereocenters. The van der Waals surface area contributed by atoms with Crippen molar-refractivity contribution in [3.8, 4) is 11.3 Å². The molecule has 21 heavy (non-hydrogen) atoms. The predicted octanol–water partition coefficient (Wildman–Crippen LogP) is 3.34. The summed E-state index contributed by atoms with van der Waals surface area (Å²) in [6, 6.07) is 9.15. The molecule has 0 aliphatic carbocycles. The number of nitrogens with zero attached hydrogens (tertiary/aromatic N) is 1. The van der Waals surface area contributed by atoms with Crippen LogP contribution in [0.3, 0.4) is 0 Å². The summed E-state index contributed by atoms with van der Waals surface area (Å²) in [5.41, 5.74) is 1.71. The van der Waals surface area contributed by atoms with Gasteiger partial charge in [0.25, 0.3) is 0 Å². The van der Waals surface area contributed by atoms with Crippen molar-refractivity contribution < 1.29 is 12.8 Å². The molecule has 1 saturated heterocycles. The van der Waals surface area contributed by atoms with E-state index < -0.39 is 9.84 Å². The summed E-state index contributed by atoms with van der Waals surface area (Å²) in [7, 11) is -3.24. The molecule has 5 heteroatoms. The minimum atomic E-state index is -3.24. The molecule has 112 valence electrons. The Morgan fingerprint density at radius 3 is 2.48 bits per heavy atom. The lowest BCUT2D eigenvalue weighted by atomic mass is 10.1. The third-order valence-corrected chi connectivity index (χ3v) is 5.01. The van der Waals surface area contributed by atoms with Crippen LogP contribution in [0.15, 0.2) is 45.9 Å². The zero-order chi connectivity index (χ0) is 14.9. The lowest BCUT2D eigenvalue weighted by molar-refractivity contribution is 0.570. The molecule has 0 N–H and O–H groups in total. The first-order valence-electron chi connectivity index (χ1n) is 7.18. The van der Waals surface area contributed by atoms with Crippen LogP contribution in [0.4, 0.5) is 5.69 Å². The Kier molecular flexibility index (Phi) is 3.76.